The van der Waals surface area contributed by atoms with Crippen LogP contribution >= 0.6 is 0 Å². The predicted molar refractivity (Wildman–Crippen MR) is 151 cm³/mol. The van der Waals surface area contributed by atoms with Crippen molar-refractivity contribution in [2.75, 3.05) is 11.9 Å². The van der Waals surface area contributed by atoms with E-state index < -0.39 is 0 Å². The Morgan fingerprint density at radius 2 is 1.47 bits per heavy atom. The van der Waals surface area contributed by atoms with Gasteiger partial charge in [0.15, 0.2) is 0 Å². The summed E-state index contributed by atoms with van der Waals surface area (Å²) in [5.41, 5.74) is 12.7. The molecule has 0 spiro atoms. The molecule has 2 aliphatic rings. The number of anilines is 1. The zero-order valence-corrected chi connectivity index (χ0v) is 20.2. The van der Waals surface area contributed by atoms with Gasteiger partial charge in [-0.05, 0) is 58.0 Å². The highest BCUT2D eigenvalue weighted by atomic mass is 15.1. The van der Waals surface area contributed by atoms with Crippen molar-refractivity contribution in [1.82, 2.24) is 4.98 Å². The molecule has 5 aromatic rings. The van der Waals surface area contributed by atoms with Crippen molar-refractivity contribution < 1.29 is 0 Å². The molecule has 1 aromatic heterocycles. The molecule has 2 heteroatoms. The molecule has 0 amide bonds. The maximum absolute atomic E-state index is 5.16. The highest BCUT2D eigenvalue weighted by Crippen LogP contribution is 2.54. The van der Waals surface area contributed by atoms with E-state index in [1.807, 2.05) is 0 Å². The minimum Gasteiger partial charge on any atom is -0.350 e. The van der Waals surface area contributed by atoms with Gasteiger partial charge in [-0.3, -0.25) is 0 Å². The van der Waals surface area contributed by atoms with E-state index in [1.165, 1.54) is 50.0 Å². The Labute approximate surface area is 211 Å². The lowest BCUT2D eigenvalue weighted by molar-refractivity contribution is 1.02. The second-order valence-corrected chi connectivity index (χ2v) is 9.67. The highest BCUT2D eigenvalue weighted by Gasteiger charge is 2.36. The number of hydrogen-bond donors (Lipinski definition) is 0. The number of aromatic nitrogens is 1. The van der Waals surface area contributed by atoms with Gasteiger partial charge in [-0.15, -0.1) is 0 Å². The molecule has 0 fully saturated rings. The van der Waals surface area contributed by atoms with Crippen LogP contribution in [-0.4, -0.2) is 12.0 Å². The summed E-state index contributed by atoms with van der Waals surface area (Å²) >= 11 is 0. The number of benzene rings is 4. The fourth-order valence-electron chi connectivity index (χ4n) is 5.94. The van der Waals surface area contributed by atoms with Crippen LogP contribution in [0.3, 0.4) is 0 Å². The third-order valence-corrected chi connectivity index (χ3v) is 7.58. The van der Waals surface area contributed by atoms with Gasteiger partial charge in [-0.2, -0.15) is 0 Å². The van der Waals surface area contributed by atoms with Crippen LogP contribution in [0, 0.1) is 0 Å². The van der Waals surface area contributed by atoms with E-state index in [1.54, 1.807) is 0 Å². The topological polar surface area (TPSA) is 16.1 Å². The Morgan fingerprint density at radius 1 is 0.722 bits per heavy atom. The third-order valence-electron chi connectivity index (χ3n) is 7.58. The average Bonchev–Trinajstić information content (AvgIpc) is 3.32. The molecule has 7 rings (SSSR count). The zero-order valence-electron chi connectivity index (χ0n) is 20.2. The van der Waals surface area contributed by atoms with E-state index >= 15 is 0 Å². The first-order valence-electron chi connectivity index (χ1n) is 12.5. The molecular formula is C34H26N2. The summed E-state index contributed by atoms with van der Waals surface area (Å²) in [6.45, 7) is 0. The van der Waals surface area contributed by atoms with Crippen LogP contribution in [0.4, 0.5) is 5.69 Å². The van der Waals surface area contributed by atoms with Gasteiger partial charge >= 0.3 is 0 Å². The number of rotatable bonds is 3. The molecule has 2 heterocycles. The smallest absolute Gasteiger partial charge is 0.0709 e. The van der Waals surface area contributed by atoms with Gasteiger partial charge < -0.3 is 4.90 Å². The molecule has 4 aromatic carbocycles. The second-order valence-electron chi connectivity index (χ2n) is 9.67. The molecule has 2 nitrogen and oxygen atoms in total. The van der Waals surface area contributed by atoms with E-state index in [2.05, 4.69) is 133 Å². The van der Waals surface area contributed by atoms with Gasteiger partial charge in [0.2, 0.25) is 0 Å². The number of para-hydroxylation sites is 2. The first kappa shape index (κ1) is 20.9. The number of fused-ring (bicyclic) bond motifs is 3. The van der Waals surface area contributed by atoms with E-state index in [4.69, 9.17) is 4.98 Å². The van der Waals surface area contributed by atoms with Crippen LogP contribution in [0.5, 0.6) is 0 Å². The number of hydrogen-bond acceptors (Lipinski definition) is 2. The lowest BCUT2D eigenvalue weighted by Crippen LogP contribution is -2.21. The van der Waals surface area contributed by atoms with Crippen molar-refractivity contribution in [3.05, 3.63) is 149 Å². The molecular weight excluding hydrogens is 436 g/mol. The van der Waals surface area contributed by atoms with Crippen LogP contribution in [0.1, 0.15) is 33.9 Å². The molecule has 36 heavy (non-hydrogen) atoms. The largest absolute Gasteiger partial charge is 0.350 e. The number of nitrogens with zero attached hydrogens (tertiary/aromatic N) is 2. The van der Waals surface area contributed by atoms with Gasteiger partial charge in [0.1, 0.15) is 0 Å². The lowest BCUT2D eigenvalue weighted by atomic mass is 9.76. The summed E-state index contributed by atoms with van der Waals surface area (Å²) in [5, 5.41) is 1.17. The van der Waals surface area contributed by atoms with Crippen LogP contribution in [0.25, 0.3) is 27.6 Å². The summed E-state index contributed by atoms with van der Waals surface area (Å²) in [6.07, 6.45) is 3.24. The summed E-state index contributed by atoms with van der Waals surface area (Å²) in [4.78, 5) is 7.42. The Morgan fingerprint density at radius 3 is 2.39 bits per heavy atom. The molecule has 0 bridgehead atoms. The van der Waals surface area contributed by atoms with Gasteiger partial charge in [-0.1, -0.05) is 97.1 Å². The van der Waals surface area contributed by atoms with Crippen LogP contribution in [-0.2, 0) is 6.42 Å². The van der Waals surface area contributed by atoms with Crippen molar-refractivity contribution in [2.45, 2.75) is 12.3 Å². The Kier molecular flexibility index (Phi) is 4.85. The molecule has 0 radical (unpaired) electrons. The van der Waals surface area contributed by atoms with E-state index in [0.29, 0.717) is 0 Å². The molecule has 0 saturated heterocycles. The van der Waals surface area contributed by atoms with Gasteiger partial charge in [0, 0.05) is 35.8 Å². The van der Waals surface area contributed by atoms with E-state index in [0.717, 1.165) is 17.6 Å². The minimum atomic E-state index is 0.0879. The quantitative estimate of drug-likeness (QED) is 0.270. The molecule has 0 saturated carbocycles. The zero-order chi connectivity index (χ0) is 24.1. The van der Waals surface area contributed by atoms with E-state index in [9.17, 15) is 0 Å². The Bertz CT molecular complexity index is 1680. The lowest BCUT2D eigenvalue weighted by Gasteiger charge is -2.34. The van der Waals surface area contributed by atoms with Crippen molar-refractivity contribution in [3.8, 4) is 0 Å². The Balaban J connectivity index is 1.52. The maximum atomic E-state index is 5.16. The van der Waals surface area contributed by atoms with E-state index in [-0.39, 0.29) is 5.92 Å². The summed E-state index contributed by atoms with van der Waals surface area (Å²) < 4.78 is 0. The molecule has 1 atom stereocenters. The van der Waals surface area contributed by atoms with Crippen molar-refractivity contribution in [2.24, 2.45) is 0 Å². The maximum Gasteiger partial charge on any atom is 0.0709 e. The normalized spacial score (nSPS) is 16.6. The monoisotopic (exact) mass is 462 g/mol. The molecule has 172 valence electrons. The van der Waals surface area contributed by atoms with Crippen molar-refractivity contribution >= 4 is 33.3 Å². The van der Waals surface area contributed by atoms with Crippen molar-refractivity contribution in [3.63, 3.8) is 0 Å². The average molecular weight is 463 g/mol. The summed E-state index contributed by atoms with van der Waals surface area (Å²) in [6, 6.07) is 41.4. The molecule has 1 unspecified atom stereocenters. The van der Waals surface area contributed by atoms with Crippen LogP contribution in [0.2, 0.25) is 0 Å². The highest BCUT2D eigenvalue weighted by molar-refractivity contribution is 6.06. The molecule has 1 aliphatic carbocycles. The molecule has 1 aliphatic heterocycles. The third kappa shape index (κ3) is 3.30. The Hall–Kier alpha value is -4.43. The van der Waals surface area contributed by atoms with Crippen molar-refractivity contribution in [1.29, 1.82) is 0 Å². The number of allylic oxidation sites excluding steroid dienone is 3. The first-order chi connectivity index (χ1) is 17.8. The second kappa shape index (κ2) is 8.35. The van der Waals surface area contributed by atoms with Crippen LogP contribution in [0.15, 0.2) is 121 Å². The van der Waals surface area contributed by atoms with Gasteiger partial charge in [0.25, 0.3) is 0 Å². The minimum absolute atomic E-state index is 0.0879. The SMILES string of the molecule is CN1C=C(c2ccc3ccccc3n2)C(C2=C(c3ccccc3)Cc3ccccc32)c2ccccc21. The van der Waals surface area contributed by atoms with Gasteiger partial charge in [-0.25, -0.2) is 4.98 Å². The summed E-state index contributed by atoms with van der Waals surface area (Å²) in [7, 11) is 2.14. The van der Waals surface area contributed by atoms with Gasteiger partial charge in [0.05, 0.1) is 11.2 Å². The first-order valence-corrected chi connectivity index (χ1v) is 12.5. The fraction of sp³-hybridized carbons (Fsp3) is 0.0882. The standard InChI is InChI=1S/C34H26N2/c1-36-22-29(31-20-19-24-13-6-9-17-30(24)35-31)34(27-16-8-10-18-32(27)36)33-26-15-7-5-14-25(26)21-28(33)23-11-3-2-4-12-23/h2-20,22,34H,21H2,1H3. The predicted octanol–water partition coefficient (Wildman–Crippen LogP) is 7.98. The van der Waals surface area contributed by atoms with Crippen LogP contribution < -0.4 is 4.90 Å². The molecule has 0 N–H and O–H groups in total. The summed E-state index contributed by atoms with van der Waals surface area (Å²) in [5.74, 6) is 0.0879. The number of pyridine rings is 1. The fourth-order valence-corrected chi connectivity index (χ4v) is 5.94.